The van der Waals surface area contributed by atoms with Gasteiger partial charge in [0, 0.05) is 0 Å². The zero-order valence-corrected chi connectivity index (χ0v) is 11.8. The van der Waals surface area contributed by atoms with Crippen LogP contribution in [0.25, 0.3) is 0 Å². The van der Waals surface area contributed by atoms with Crippen molar-refractivity contribution in [3.05, 3.63) is 0 Å². The van der Waals surface area contributed by atoms with Crippen molar-refractivity contribution < 1.29 is 0 Å². The molecule has 0 amide bonds. The fourth-order valence-corrected chi connectivity index (χ4v) is 3.65. The Morgan fingerprint density at radius 1 is 1.12 bits per heavy atom. The molecule has 17 heavy (non-hydrogen) atoms. The quantitative estimate of drug-likeness (QED) is 0.664. The highest BCUT2D eigenvalue weighted by atomic mass is 14.5. The van der Waals surface area contributed by atoms with Gasteiger partial charge in [-0.15, -0.1) is 0 Å². The summed E-state index contributed by atoms with van der Waals surface area (Å²) in [5.41, 5.74) is 0.477. The highest BCUT2D eigenvalue weighted by Crippen LogP contribution is 2.50. The van der Waals surface area contributed by atoms with Crippen molar-refractivity contribution in [3.8, 4) is 6.07 Å². The van der Waals surface area contributed by atoms with Crippen LogP contribution in [0.2, 0.25) is 0 Å². The molecule has 0 saturated heterocycles. The molecular formula is C16H27N. The molecule has 0 heterocycles. The molecule has 0 aromatic rings. The van der Waals surface area contributed by atoms with Crippen LogP contribution in [0.1, 0.15) is 72.1 Å². The second-order valence-corrected chi connectivity index (χ2v) is 7.53. The van der Waals surface area contributed by atoms with Crippen LogP contribution in [0.15, 0.2) is 0 Å². The van der Waals surface area contributed by atoms with Gasteiger partial charge in [0.05, 0.1) is 11.5 Å². The lowest BCUT2D eigenvalue weighted by Crippen LogP contribution is -2.34. The first-order chi connectivity index (χ1) is 7.95. The van der Waals surface area contributed by atoms with Gasteiger partial charge in [0.25, 0.3) is 0 Å². The SMILES string of the molecule is CC(C)(C)C1CCC(C#N)(CC2CCC2)CC1. The standard InChI is InChI=1S/C16H27N/c1-15(2,3)14-7-9-16(12-17,10-8-14)11-13-5-4-6-13/h13-14H,4-11H2,1-3H3. The molecule has 2 rings (SSSR count). The predicted molar refractivity (Wildman–Crippen MR) is 71.4 cm³/mol. The van der Waals surface area contributed by atoms with Crippen molar-refractivity contribution in [3.63, 3.8) is 0 Å². The van der Waals surface area contributed by atoms with Crippen molar-refractivity contribution in [2.75, 3.05) is 0 Å². The highest BCUT2D eigenvalue weighted by molar-refractivity contribution is 5.04. The molecule has 0 atom stereocenters. The van der Waals surface area contributed by atoms with E-state index in [2.05, 4.69) is 26.8 Å². The number of hydrogen-bond donors (Lipinski definition) is 0. The Hall–Kier alpha value is -0.510. The summed E-state index contributed by atoms with van der Waals surface area (Å²) in [6.07, 6.45) is 10.2. The zero-order valence-electron chi connectivity index (χ0n) is 11.8. The van der Waals surface area contributed by atoms with Crippen LogP contribution < -0.4 is 0 Å². The van der Waals surface area contributed by atoms with Crippen LogP contribution >= 0.6 is 0 Å². The molecule has 1 heteroatoms. The highest BCUT2D eigenvalue weighted by Gasteiger charge is 2.41. The van der Waals surface area contributed by atoms with Gasteiger partial charge >= 0.3 is 0 Å². The molecule has 0 aliphatic heterocycles. The average Bonchev–Trinajstić information content (AvgIpc) is 2.23. The molecule has 0 aromatic carbocycles. The van der Waals surface area contributed by atoms with E-state index in [1.165, 1.54) is 38.5 Å². The van der Waals surface area contributed by atoms with Crippen LogP contribution in [0, 0.1) is 34.0 Å². The predicted octanol–water partition coefficient (Wildman–Crippen LogP) is 4.92. The monoisotopic (exact) mass is 233 g/mol. The van der Waals surface area contributed by atoms with Crippen LogP contribution in [0.4, 0.5) is 0 Å². The summed E-state index contributed by atoms with van der Waals surface area (Å²) in [7, 11) is 0. The Kier molecular flexibility index (Phi) is 3.53. The second kappa shape index (κ2) is 4.63. The van der Waals surface area contributed by atoms with E-state index in [9.17, 15) is 5.26 Å². The van der Waals surface area contributed by atoms with Gasteiger partial charge in [-0.2, -0.15) is 5.26 Å². The molecule has 2 aliphatic carbocycles. The summed E-state index contributed by atoms with van der Waals surface area (Å²) in [5.74, 6) is 1.70. The topological polar surface area (TPSA) is 23.8 Å². The Bertz CT molecular complexity index is 292. The summed E-state index contributed by atoms with van der Waals surface area (Å²) in [6.45, 7) is 7.05. The number of rotatable bonds is 2. The first-order valence-corrected chi connectivity index (χ1v) is 7.36. The van der Waals surface area contributed by atoms with Crippen molar-refractivity contribution in [2.24, 2.45) is 22.7 Å². The van der Waals surface area contributed by atoms with E-state index in [-0.39, 0.29) is 5.41 Å². The van der Waals surface area contributed by atoms with E-state index in [0.717, 1.165) is 24.7 Å². The van der Waals surface area contributed by atoms with Gasteiger partial charge in [-0.1, -0.05) is 40.0 Å². The Balaban J connectivity index is 1.92. The van der Waals surface area contributed by atoms with Gasteiger partial charge in [0.1, 0.15) is 0 Å². The molecule has 0 unspecified atom stereocenters. The minimum absolute atomic E-state index is 0.0484. The zero-order chi connectivity index (χ0) is 12.5. The molecule has 0 aromatic heterocycles. The fourth-order valence-electron chi connectivity index (χ4n) is 3.65. The molecule has 0 N–H and O–H groups in total. The molecule has 0 spiro atoms. The van der Waals surface area contributed by atoms with E-state index < -0.39 is 0 Å². The average molecular weight is 233 g/mol. The molecule has 1 nitrogen and oxygen atoms in total. The van der Waals surface area contributed by atoms with Crippen molar-refractivity contribution in [2.45, 2.75) is 72.1 Å². The Labute approximate surface area is 107 Å². The fraction of sp³-hybridized carbons (Fsp3) is 0.938. The van der Waals surface area contributed by atoms with E-state index in [0.29, 0.717) is 5.41 Å². The number of nitrogens with zero attached hydrogens (tertiary/aromatic N) is 1. The third-order valence-corrected chi connectivity index (χ3v) is 5.31. The lowest BCUT2D eigenvalue weighted by molar-refractivity contribution is 0.0907. The number of hydrogen-bond acceptors (Lipinski definition) is 1. The first kappa shape index (κ1) is 12.9. The van der Waals surface area contributed by atoms with E-state index >= 15 is 0 Å². The maximum absolute atomic E-state index is 9.55. The van der Waals surface area contributed by atoms with Crippen LogP contribution in [0.3, 0.4) is 0 Å². The Morgan fingerprint density at radius 2 is 1.71 bits per heavy atom. The van der Waals surface area contributed by atoms with E-state index in [4.69, 9.17) is 0 Å². The van der Waals surface area contributed by atoms with Gasteiger partial charge in [-0.05, 0) is 49.4 Å². The summed E-state index contributed by atoms with van der Waals surface area (Å²) in [5, 5.41) is 9.55. The lowest BCUT2D eigenvalue weighted by Gasteiger charge is -2.43. The maximum Gasteiger partial charge on any atom is 0.0689 e. The van der Waals surface area contributed by atoms with Gasteiger partial charge in [0.2, 0.25) is 0 Å². The minimum atomic E-state index is 0.0484. The van der Waals surface area contributed by atoms with Gasteiger partial charge in [-0.25, -0.2) is 0 Å². The summed E-state index contributed by atoms with van der Waals surface area (Å²) in [4.78, 5) is 0. The van der Waals surface area contributed by atoms with Crippen molar-refractivity contribution in [1.29, 1.82) is 5.26 Å². The van der Waals surface area contributed by atoms with Crippen LogP contribution in [-0.4, -0.2) is 0 Å². The molecular weight excluding hydrogens is 206 g/mol. The minimum Gasteiger partial charge on any atom is -0.198 e. The summed E-state index contributed by atoms with van der Waals surface area (Å²) in [6, 6.07) is 2.69. The van der Waals surface area contributed by atoms with Gasteiger partial charge in [0.15, 0.2) is 0 Å². The van der Waals surface area contributed by atoms with Crippen molar-refractivity contribution >= 4 is 0 Å². The molecule has 96 valence electrons. The molecule has 2 fully saturated rings. The van der Waals surface area contributed by atoms with E-state index in [1.807, 2.05) is 0 Å². The normalized spacial score (nSPS) is 35.1. The second-order valence-electron chi connectivity index (χ2n) is 7.53. The third-order valence-electron chi connectivity index (χ3n) is 5.31. The Morgan fingerprint density at radius 3 is 2.06 bits per heavy atom. The summed E-state index contributed by atoms with van der Waals surface area (Å²) >= 11 is 0. The van der Waals surface area contributed by atoms with Crippen LogP contribution in [0.5, 0.6) is 0 Å². The van der Waals surface area contributed by atoms with Crippen molar-refractivity contribution in [1.82, 2.24) is 0 Å². The third kappa shape index (κ3) is 2.84. The maximum atomic E-state index is 9.55. The number of nitriles is 1. The lowest BCUT2D eigenvalue weighted by atomic mass is 9.61. The van der Waals surface area contributed by atoms with Crippen LogP contribution in [-0.2, 0) is 0 Å². The largest absolute Gasteiger partial charge is 0.198 e. The molecule has 2 aliphatic rings. The first-order valence-electron chi connectivity index (χ1n) is 7.36. The smallest absolute Gasteiger partial charge is 0.0689 e. The molecule has 0 bridgehead atoms. The summed E-state index contributed by atoms with van der Waals surface area (Å²) < 4.78 is 0. The van der Waals surface area contributed by atoms with Gasteiger partial charge in [-0.3, -0.25) is 0 Å². The molecule has 2 saturated carbocycles. The van der Waals surface area contributed by atoms with E-state index in [1.54, 1.807) is 0 Å². The molecule has 0 radical (unpaired) electrons. The van der Waals surface area contributed by atoms with Gasteiger partial charge < -0.3 is 0 Å².